The summed E-state index contributed by atoms with van der Waals surface area (Å²) in [5, 5.41) is 3.46. The van der Waals surface area contributed by atoms with Crippen LogP contribution in [0.1, 0.15) is 20.3 Å². The monoisotopic (exact) mass is 157 g/mol. The van der Waals surface area contributed by atoms with E-state index < -0.39 is 0 Å². The van der Waals surface area contributed by atoms with E-state index in [-0.39, 0.29) is 11.3 Å². The van der Waals surface area contributed by atoms with Crippen molar-refractivity contribution in [1.82, 2.24) is 5.32 Å². The Hall–Kier alpha value is -0.120. The van der Waals surface area contributed by atoms with Gasteiger partial charge in [-0.15, -0.1) is 0 Å². The molecule has 0 amide bonds. The lowest BCUT2D eigenvalue weighted by atomic mass is 9.90. The highest BCUT2D eigenvalue weighted by molar-refractivity contribution is 4.99. The summed E-state index contributed by atoms with van der Waals surface area (Å²) < 4.78 is 10.7. The Bertz CT molecular complexity index is 163. The number of hydrogen-bond donors (Lipinski definition) is 1. The molecule has 3 nitrogen and oxygen atoms in total. The molecule has 0 aromatic carbocycles. The highest BCUT2D eigenvalue weighted by Crippen LogP contribution is 2.29. The second-order valence-electron chi connectivity index (χ2n) is 4.01. The van der Waals surface area contributed by atoms with Crippen molar-refractivity contribution < 1.29 is 9.47 Å². The maximum absolute atomic E-state index is 5.53. The highest BCUT2D eigenvalue weighted by atomic mass is 16.5. The molecule has 0 saturated carbocycles. The Morgan fingerprint density at radius 3 is 2.36 bits per heavy atom. The molecule has 0 aliphatic carbocycles. The van der Waals surface area contributed by atoms with Gasteiger partial charge < -0.3 is 9.47 Å². The van der Waals surface area contributed by atoms with Gasteiger partial charge in [0, 0.05) is 0 Å². The first-order chi connectivity index (χ1) is 5.12. The molecule has 0 aromatic heterocycles. The summed E-state index contributed by atoms with van der Waals surface area (Å²) in [6, 6.07) is 0. The Balaban J connectivity index is 2.03. The van der Waals surface area contributed by atoms with Crippen molar-refractivity contribution in [3.05, 3.63) is 0 Å². The van der Waals surface area contributed by atoms with Gasteiger partial charge in [0.2, 0.25) is 0 Å². The molecule has 0 bridgehead atoms. The fraction of sp³-hybridized carbons (Fsp3) is 1.00. The van der Waals surface area contributed by atoms with E-state index in [1.165, 1.54) is 0 Å². The van der Waals surface area contributed by atoms with Crippen LogP contribution in [0.5, 0.6) is 0 Å². The Labute approximate surface area is 67.1 Å². The fourth-order valence-corrected chi connectivity index (χ4v) is 1.80. The summed E-state index contributed by atoms with van der Waals surface area (Å²) in [5.74, 6) is 0. The van der Waals surface area contributed by atoms with Gasteiger partial charge in [0.1, 0.15) is 5.72 Å². The van der Waals surface area contributed by atoms with E-state index in [4.69, 9.17) is 9.47 Å². The minimum Gasteiger partial charge on any atom is -0.377 e. The van der Waals surface area contributed by atoms with Crippen molar-refractivity contribution in [3.8, 4) is 0 Å². The fourth-order valence-electron chi connectivity index (χ4n) is 1.80. The van der Waals surface area contributed by atoms with Gasteiger partial charge in [-0.3, -0.25) is 5.32 Å². The number of ether oxygens (including phenoxy) is 2. The Morgan fingerprint density at radius 1 is 1.27 bits per heavy atom. The molecule has 2 fully saturated rings. The SMILES string of the molecule is CC1(C)NC2(CCO1)COC2. The van der Waals surface area contributed by atoms with Crippen LogP contribution in [0, 0.1) is 0 Å². The van der Waals surface area contributed by atoms with Crippen LogP contribution in [0.15, 0.2) is 0 Å². The standard InChI is InChI=1S/C8H15NO2/c1-7(2)9-8(3-4-11-7)5-10-6-8/h9H,3-6H2,1-2H3. The molecule has 64 valence electrons. The summed E-state index contributed by atoms with van der Waals surface area (Å²) in [6.45, 7) is 6.67. The van der Waals surface area contributed by atoms with Crippen LogP contribution in [-0.4, -0.2) is 31.1 Å². The van der Waals surface area contributed by atoms with E-state index in [1.54, 1.807) is 0 Å². The van der Waals surface area contributed by atoms with E-state index in [0.29, 0.717) is 0 Å². The first kappa shape index (κ1) is 7.53. The van der Waals surface area contributed by atoms with Crippen LogP contribution in [-0.2, 0) is 9.47 Å². The largest absolute Gasteiger partial charge is 0.377 e. The van der Waals surface area contributed by atoms with Crippen molar-refractivity contribution in [3.63, 3.8) is 0 Å². The predicted molar refractivity (Wildman–Crippen MR) is 41.3 cm³/mol. The summed E-state index contributed by atoms with van der Waals surface area (Å²) in [5.41, 5.74) is 0.0732. The first-order valence-electron chi connectivity index (χ1n) is 4.13. The summed E-state index contributed by atoms with van der Waals surface area (Å²) in [4.78, 5) is 0. The van der Waals surface area contributed by atoms with E-state index in [0.717, 1.165) is 26.2 Å². The molecule has 11 heavy (non-hydrogen) atoms. The maximum Gasteiger partial charge on any atom is 0.114 e. The van der Waals surface area contributed by atoms with Gasteiger partial charge in [0.15, 0.2) is 0 Å². The molecule has 0 atom stereocenters. The number of nitrogens with one attached hydrogen (secondary N) is 1. The zero-order valence-corrected chi connectivity index (χ0v) is 7.14. The van der Waals surface area contributed by atoms with Gasteiger partial charge in [-0.25, -0.2) is 0 Å². The third-order valence-corrected chi connectivity index (χ3v) is 2.37. The number of rotatable bonds is 0. The highest BCUT2D eigenvalue weighted by Gasteiger charge is 2.45. The lowest BCUT2D eigenvalue weighted by Crippen LogP contribution is -2.69. The zero-order chi connectivity index (χ0) is 7.95. The molecule has 2 aliphatic rings. The molecular formula is C8H15NO2. The minimum absolute atomic E-state index is 0.165. The topological polar surface area (TPSA) is 30.5 Å². The third-order valence-electron chi connectivity index (χ3n) is 2.37. The lowest BCUT2D eigenvalue weighted by molar-refractivity contribution is -0.183. The molecule has 2 saturated heterocycles. The third kappa shape index (κ3) is 1.28. The first-order valence-corrected chi connectivity index (χ1v) is 4.13. The van der Waals surface area contributed by atoms with Crippen molar-refractivity contribution in [1.29, 1.82) is 0 Å². The normalized spacial score (nSPS) is 33.3. The van der Waals surface area contributed by atoms with Crippen LogP contribution in [0.25, 0.3) is 0 Å². The number of hydrogen-bond acceptors (Lipinski definition) is 3. The van der Waals surface area contributed by atoms with Gasteiger partial charge in [0.25, 0.3) is 0 Å². The molecule has 0 radical (unpaired) electrons. The zero-order valence-electron chi connectivity index (χ0n) is 7.14. The van der Waals surface area contributed by atoms with Crippen molar-refractivity contribution in [2.45, 2.75) is 31.5 Å². The smallest absolute Gasteiger partial charge is 0.114 e. The second kappa shape index (κ2) is 2.19. The molecule has 3 heteroatoms. The Morgan fingerprint density at radius 2 is 2.00 bits per heavy atom. The molecule has 0 aromatic rings. The average molecular weight is 157 g/mol. The molecular weight excluding hydrogens is 142 g/mol. The summed E-state index contributed by atoms with van der Waals surface area (Å²) in [6.07, 6.45) is 1.08. The van der Waals surface area contributed by atoms with Crippen molar-refractivity contribution >= 4 is 0 Å². The average Bonchev–Trinajstić information content (AvgIpc) is 1.82. The predicted octanol–water partition coefficient (Wildman–Crippen LogP) is 0.501. The van der Waals surface area contributed by atoms with Gasteiger partial charge in [-0.1, -0.05) is 0 Å². The molecule has 2 aliphatic heterocycles. The molecule has 0 unspecified atom stereocenters. The van der Waals surface area contributed by atoms with E-state index >= 15 is 0 Å². The van der Waals surface area contributed by atoms with Crippen LogP contribution >= 0.6 is 0 Å². The Kier molecular flexibility index (Phi) is 1.50. The van der Waals surface area contributed by atoms with Gasteiger partial charge in [0.05, 0.1) is 25.4 Å². The summed E-state index contributed by atoms with van der Waals surface area (Å²) >= 11 is 0. The van der Waals surface area contributed by atoms with Crippen molar-refractivity contribution in [2.75, 3.05) is 19.8 Å². The molecule has 2 rings (SSSR count). The van der Waals surface area contributed by atoms with E-state index in [9.17, 15) is 0 Å². The quantitative estimate of drug-likeness (QED) is 0.555. The van der Waals surface area contributed by atoms with Crippen LogP contribution in [0.4, 0.5) is 0 Å². The van der Waals surface area contributed by atoms with Crippen LogP contribution in [0.3, 0.4) is 0 Å². The molecule has 1 N–H and O–H groups in total. The van der Waals surface area contributed by atoms with Gasteiger partial charge >= 0.3 is 0 Å². The molecule has 1 spiro atoms. The summed E-state index contributed by atoms with van der Waals surface area (Å²) in [7, 11) is 0. The minimum atomic E-state index is -0.165. The van der Waals surface area contributed by atoms with Gasteiger partial charge in [-0.2, -0.15) is 0 Å². The van der Waals surface area contributed by atoms with Crippen molar-refractivity contribution in [2.24, 2.45) is 0 Å². The van der Waals surface area contributed by atoms with E-state index in [2.05, 4.69) is 19.2 Å². The maximum atomic E-state index is 5.53. The van der Waals surface area contributed by atoms with E-state index in [1.807, 2.05) is 0 Å². The van der Waals surface area contributed by atoms with Crippen LogP contribution in [0.2, 0.25) is 0 Å². The second-order valence-corrected chi connectivity index (χ2v) is 4.01. The van der Waals surface area contributed by atoms with Gasteiger partial charge in [-0.05, 0) is 20.3 Å². The molecule has 2 heterocycles. The lowest BCUT2D eigenvalue weighted by Gasteiger charge is -2.50. The van der Waals surface area contributed by atoms with Crippen LogP contribution < -0.4 is 5.32 Å².